The molecule has 0 saturated heterocycles. The molecule has 0 radical (unpaired) electrons. The standard InChI is InChI=1S/C31H34F3NO6S/c1-2-39-28(29(36)37)22-23-10-14-25(15-11-23)40-20-19-35(18-6-7-21-42-27-8-4-3-5-9-27)30(38)41-26-16-12-24(13-17-26)31(32,33)34/h3-5,8-17,28H,2,6-7,18-22H2,1H3,(H,36,37). The number of aliphatic carboxylic acids is 1. The highest BCUT2D eigenvalue weighted by Crippen LogP contribution is 2.30. The molecule has 0 bridgehead atoms. The first kappa shape index (κ1) is 32.8. The molecular weight excluding hydrogens is 571 g/mol. The summed E-state index contributed by atoms with van der Waals surface area (Å²) in [7, 11) is 0. The summed E-state index contributed by atoms with van der Waals surface area (Å²) in [6.07, 6.45) is -4.34. The molecule has 1 N–H and O–H groups in total. The Morgan fingerprint density at radius 1 is 0.905 bits per heavy atom. The number of amides is 1. The fourth-order valence-corrected chi connectivity index (χ4v) is 4.85. The van der Waals surface area contributed by atoms with Crippen molar-refractivity contribution in [1.29, 1.82) is 0 Å². The molecule has 226 valence electrons. The molecule has 0 heterocycles. The lowest BCUT2D eigenvalue weighted by molar-refractivity contribution is -0.150. The number of nitrogens with zero attached hydrogens (tertiary/aromatic N) is 1. The van der Waals surface area contributed by atoms with E-state index < -0.39 is 29.9 Å². The van der Waals surface area contributed by atoms with Gasteiger partial charge in [0.25, 0.3) is 0 Å². The van der Waals surface area contributed by atoms with Gasteiger partial charge in [-0.15, -0.1) is 11.8 Å². The van der Waals surface area contributed by atoms with Crippen molar-refractivity contribution in [2.75, 3.05) is 32.1 Å². The van der Waals surface area contributed by atoms with Gasteiger partial charge < -0.3 is 24.2 Å². The zero-order chi connectivity index (χ0) is 30.4. The number of benzene rings is 3. The molecule has 3 aromatic rings. The first-order chi connectivity index (χ1) is 20.2. The lowest BCUT2D eigenvalue weighted by atomic mass is 10.1. The summed E-state index contributed by atoms with van der Waals surface area (Å²) in [5.41, 5.74) is -0.0517. The lowest BCUT2D eigenvalue weighted by Crippen LogP contribution is -2.37. The zero-order valence-electron chi connectivity index (χ0n) is 23.2. The van der Waals surface area contributed by atoms with Crippen LogP contribution in [0.25, 0.3) is 0 Å². The van der Waals surface area contributed by atoms with Crippen LogP contribution in [0.15, 0.2) is 83.8 Å². The quantitative estimate of drug-likeness (QED) is 0.137. The topological polar surface area (TPSA) is 85.3 Å². The van der Waals surface area contributed by atoms with Crippen molar-refractivity contribution in [2.45, 2.75) is 43.4 Å². The van der Waals surface area contributed by atoms with Gasteiger partial charge in [-0.05, 0) is 79.6 Å². The molecule has 42 heavy (non-hydrogen) atoms. The number of thioether (sulfide) groups is 1. The van der Waals surface area contributed by atoms with Crippen LogP contribution >= 0.6 is 11.8 Å². The monoisotopic (exact) mass is 605 g/mol. The second-order valence-electron chi connectivity index (χ2n) is 9.22. The Bertz CT molecular complexity index is 1240. The SMILES string of the molecule is CCOC(Cc1ccc(OCCN(CCCCSc2ccccc2)C(=O)Oc2ccc(C(F)(F)F)cc2)cc1)C(=O)O. The minimum Gasteiger partial charge on any atom is -0.492 e. The van der Waals surface area contributed by atoms with Gasteiger partial charge in [-0.2, -0.15) is 13.2 Å². The molecule has 1 unspecified atom stereocenters. The van der Waals surface area contributed by atoms with Crippen LogP contribution in [0.1, 0.15) is 30.9 Å². The Balaban J connectivity index is 1.55. The number of carboxylic acids is 1. The highest BCUT2D eigenvalue weighted by molar-refractivity contribution is 7.99. The molecule has 0 aliphatic heterocycles. The number of carbonyl (C=O) groups is 2. The van der Waals surface area contributed by atoms with Crippen LogP contribution in [0, 0.1) is 0 Å². The van der Waals surface area contributed by atoms with Gasteiger partial charge in [-0.25, -0.2) is 9.59 Å². The van der Waals surface area contributed by atoms with Gasteiger partial charge in [0.05, 0.1) is 12.1 Å². The van der Waals surface area contributed by atoms with E-state index in [1.807, 2.05) is 30.3 Å². The maximum Gasteiger partial charge on any atom is 0.416 e. The second-order valence-corrected chi connectivity index (χ2v) is 10.4. The molecule has 0 fully saturated rings. The van der Waals surface area contributed by atoms with Gasteiger partial charge in [0, 0.05) is 24.5 Å². The maximum absolute atomic E-state index is 12.9. The molecular formula is C31H34F3NO6S. The molecule has 0 aliphatic carbocycles. The van der Waals surface area contributed by atoms with Crippen molar-refractivity contribution in [1.82, 2.24) is 4.90 Å². The minimum absolute atomic E-state index is 0.0147. The van der Waals surface area contributed by atoms with Crippen molar-refractivity contribution in [3.05, 3.63) is 90.0 Å². The van der Waals surface area contributed by atoms with E-state index in [1.54, 1.807) is 43.0 Å². The van der Waals surface area contributed by atoms with Crippen LogP contribution in [0.4, 0.5) is 18.0 Å². The van der Waals surface area contributed by atoms with Gasteiger partial charge >= 0.3 is 18.2 Å². The summed E-state index contributed by atoms with van der Waals surface area (Å²) >= 11 is 1.72. The molecule has 7 nitrogen and oxygen atoms in total. The van der Waals surface area contributed by atoms with E-state index in [2.05, 4.69) is 0 Å². The van der Waals surface area contributed by atoms with E-state index in [9.17, 15) is 27.9 Å². The third-order valence-electron chi connectivity index (χ3n) is 6.10. The third-order valence-corrected chi connectivity index (χ3v) is 7.20. The number of halogens is 3. The normalized spacial score (nSPS) is 12.0. The Kier molecular flexibility index (Phi) is 13.0. The number of carboxylic acid groups (broad SMARTS) is 1. The van der Waals surface area contributed by atoms with Crippen LogP contribution in [0.3, 0.4) is 0 Å². The number of hydrogen-bond acceptors (Lipinski definition) is 6. The molecule has 0 saturated carbocycles. The predicted molar refractivity (Wildman–Crippen MR) is 154 cm³/mol. The van der Waals surface area contributed by atoms with E-state index in [0.717, 1.165) is 46.9 Å². The van der Waals surface area contributed by atoms with Crippen LogP contribution in [0.2, 0.25) is 0 Å². The molecule has 1 amide bonds. The molecule has 3 rings (SSSR count). The van der Waals surface area contributed by atoms with Gasteiger partial charge in [0.15, 0.2) is 6.10 Å². The summed E-state index contributed by atoms with van der Waals surface area (Å²) < 4.78 is 55.1. The first-order valence-corrected chi connectivity index (χ1v) is 14.5. The summed E-state index contributed by atoms with van der Waals surface area (Å²) in [5, 5.41) is 9.28. The summed E-state index contributed by atoms with van der Waals surface area (Å²) in [6, 6.07) is 20.9. The summed E-state index contributed by atoms with van der Waals surface area (Å²) in [6.45, 7) is 2.75. The van der Waals surface area contributed by atoms with E-state index in [4.69, 9.17) is 14.2 Å². The van der Waals surface area contributed by atoms with Crippen molar-refractivity contribution in [3.63, 3.8) is 0 Å². The van der Waals surface area contributed by atoms with Gasteiger partial charge in [0.2, 0.25) is 0 Å². The van der Waals surface area contributed by atoms with E-state index in [1.165, 1.54) is 4.90 Å². The largest absolute Gasteiger partial charge is 0.492 e. The van der Waals surface area contributed by atoms with E-state index in [0.29, 0.717) is 25.3 Å². The highest BCUT2D eigenvalue weighted by Gasteiger charge is 2.30. The number of alkyl halides is 3. The molecule has 0 aliphatic rings. The molecule has 1 atom stereocenters. The van der Waals surface area contributed by atoms with Crippen molar-refractivity contribution in [3.8, 4) is 11.5 Å². The second kappa shape index (κ2) is 16.7. The number of carbonyl (C=O) groups excluding carboxylic acids is 1. The first-order valence-electron chi connectivity index (χ1n) is 13.5. The van der Waals surface area contributed by atoms with Gasteiger partial charge in [-0.3, -0.25) is 0 Å². The molecule has 11 heteroatoms. The number of unbranched alkanes of at least 4 members (excludes halogenated alkanes) is 1. The number of hydrogen-bond donors (Lipinski definition) is 1. The maximum atomic E-state index is 12.9. The predicted octanol–water partition coefficient (Wildman–Crippen LogP) is 7.19. The Labute approximate surface area is 247 Å². The van der Waals surface area contributed by atoms with Crippen LogP contribution in [0.5, 0.6) is 11.5 Å². The van der Waals surface area contributed by atoms with Crippen molar-refractivity contribution < 1.29 is 42.1 Å². The third kappa shape index (κ3) is 11.3. The lowest BCUT2D eigenvalue weighted by Gasteiger charge is -2.22. The van der Waals surface area contributed by atoms with E-state index in [-0.39, 0.29) is 25.3 Å². The average Bonchev–Trinajstić information content (AvgIpc) is 2.97. The minimum atomic E-state index is -4.48. The molecule has 0 aromatic heterocycles. The average molecular weight is 606 g/mol. The Morgan fingerprint density at radius 2 is 1.57 bits per heavy atom. The zero-order valence-corrected chi connectivity index (χ0v) is 24.0. The fourth-order valence-electron chi connectivity index (χ4n) is 3.91. The summed E-state index contributed by atoms with van der Waals surface area (Å²) in [4.78, 5) is 26.9. The van der Waals surface area contributed by atoms with Gasteiger partial charge in [0.1, 0.15) is 18.1 Å². The highest BCUT2D eigenvalue weighted by atomic mass is 32.2. The van der Waals surface area contributed by atoms with Gasteiger partial charge in [-0.1, -0.05) is 30.3 Å². The molecule has 0 spiro atoms. The van der Waals surface area contributed by atoms with Crippen LogP contribution < -0.4 is 9.47 Å². The smallest absolute Gasteiger partial charge is 0.416 e. The van der Waals surface area contributed by atoms with Crippen molar-refractivity contribution >= 4 is 23.8 Å². The van der Waals surface area contributed by atoms with Crippen LogP contribution in [-0.2, 0) is 22.1 Å². The van der Waals surface area contributed by atoms with Crippen molar-refractivity contribution in [2.24, 2.45) is 0 Å². The fraction of sp³-hybridized carbons (Fsp3) is 0.355. The number of ether oxygens (including phenoxy) is 3. The van der Waals surface area contributed by atoms with E-state index >= 15 is 0 Å². The summed E-state index contributed by atoms with van der Waals surface area (Å²) in [5.74, 6) is 0.387. The molecule has 3 aromatic carbocycles. The van der Waals surface area contributed by atoms with Crippen LogP contribution in [-0.4, -0.2) is 60.2 Å². The Hall–Kier alpha value is -3.70. The Morgan fingerprint density at radius 3 is 2.19 bits per heavy atom. The number of rotatable bonds is 16.